The average molecular weight is 323 g/mol. The van der Waals surface area contributed by atoms with Crippen LogP contribution in [0, 0.1) is 11.2 Å². The number of nitrogens with one attached hydrogen (secondary N) is 1. The van der Waals surface area contributed by atoms with Gasteiger partial charge in [0, 0.05) is 31.6 Å². The van der Waals surface area contributed by atoms with Crippen LogP contribution in [0.15, 0.2) is 24.3 Å². The lowest BCUT2D eigenvalue weighted by Gasteiger charge is -2.35. The number of ether oxygens (including phenoxy) is 1. The van der Waals surface area contributed by atoms with E-state index in [1.165, 1.54) is 12.1 Å². The molecule has 128 valence electrons. The minimum atomic E-state index is -0.223. The summed E-state index contributed by atoms with van der Waals surface area (Å²) in [5, 5.41) is 12.5. The lowest BCUT2D eigenvalue weighted by Crippen LogP contribution is -2.43. The smallest absolute Gasteiger partial charge is 0.220 e. The number of aryl methyl sites for hydroxylation is 1. The summed E-state index contributed by atoms with van der Waals surface area (Å²) >= 11 is 0. The van der Waals surface area contributed by atoms with E-state index in [9.17, 15) is 14.3 Å². The van der Waals surface area contributed by atoms with E-state index in [0.717, 1.165) is 37.7 Å². The van der Waals surface area contributed by atoms with E-state index in [1.807, 2.05) is 0 Å². The van der Waals surface area contributed by atoms with Gasteiger partial charge in [0.1, 0.15) is 5.82 Å². The Balaban J connectivity index is 1.62. The van der Waals surface area contributed by atoms with Crippen LogP contribution in [0.2, 0.25) is 0 Å². The first-order valence-electron chi connectivity index (χ1n) is 8.33. The average Bonchev–Trinajstić information content (AvgIpc) is 2.59. The van der Waals surface area contributed by atoms with Crippen molar-refractivity contribution >= 4 is 5.91 Å². The molecule has 1 fully saturated rings. The number of hydrogen-bond acceptors (Lipinski definition) is 3. The molecule has 23 heavy (non-hydrogen) atoms. The summed E-state index contributed by atoms with van der Waals surface area (Å²) in [6, 6.07) is 6.49. The van der Waals surface area contributed by atoms with Crippen LogP contribution in [0.3, 0.4) is 0 Å². The molecule has 1 aliphatic heterocycles. The summed E-state index contributed by atoms with van der Waals surface area (Å²) in [5.74, 6) is -0.192. The minimum Gasteiger partial charge on any atom is -0.396 e. The molecular weight excluding hydrogens is 297 g/mol. The Morgan fingerprint density at radius 1 is 1.22 bits per heavy atom. The zero-order valence-electron chi connectivity index (χ0n) is 13.5. The molecule has 1 aromatic rings. The van der Waals surface area contributed by atoms with E-state index >= 15 is 0 Å². The van der Waals surface area contributed by atoms with Crippen molar-refractivity contribution in [1.82, 2.24) is 5.32 Å². The first-order chi connectivity index (χ1) is 11.1. The molecule has 1 saturated heterocycles. The highest BCUT2D eigenvalue weighted by Crippen LogP contribution is 2.28. The zero-order valence-corrected chi connectivity index (χ0v) is 13.5. The Morgan fingerprint density at radius 3 is 2.57 bits per heavy atom. The zero-order chi connectivity index (χ0) is 16.5. The third kappa shape index (κ3) is 5.92. The van der Waals surface area contributed by atoms with Gasteiger partial charge in [-0.25, -0.2) is 4.39 Å². The summed E-state index contributed by atoms with van der Waals surface area (Å²) in [4.78, 5) is 11.9. The molecule has 4 nitrogen and oxygen atoms in total. The summed E-state index contributed by atoms with van der Waals surface area (Å²) in [6.45, 7) is 1.90. The topological polar surface area (TPSA) is 58.6 Å². The monoisotopic (exact) mass is 323 g/mol. The number of benzene rings is 1. The molecule has 0 radical (unpaired) electrons. The maximum Gasteiger partial charge on any atom is 0.220 e. The molecule has 0 saturated carbocycles. The number of carbonyl (C=O) groups excluding carboxylic acids is 1. The van der Waals surface area contributed by atoms with Crippen LogP contribution < -0.4 is 5.32 Å². The first-order valence-corrected chi connectivity index (χ1v) is 8.33. The number of halogens is 1. The molecule has 2 N–H and O–H groups in total. The second-order valence-corrected chi connectivity index (χ2v) is 6.38. The molecular formula is C18H26FNO3. The van der Waals surface area contributed by atoms with Gasteiger partial charge in [-0.3, -0.25) is 4.79 Å². The summed E-state index contributed by atoms with van der Waals surface area (Å²) < 4.78 is 18.1. The largest absolute Gasteiger partial charge is 0.396 e. The van der Waals surface area contributed by atoms with E-state index in [2.05, 4.69) is 5.32 Å². The van der Waals surface area contributed by atoms with Crippen LogP contribution in [0.5, 0.6) is 0 Å². The Bertz CT molecular complexity index is 484. The molecule has 0 bridgehead atoms. The van der Waals surface area contributed by atoms with Crippen molar-refractivity contribution in [3.63, 3.8) is 0 Å². The van der Waals surface area contributed by atoms with E-state index in [-0.39, 0.29) is 23.7 Å². The van der Waals surface area contributed by atoms with E-state index in [4.69, 9.17) is 4.74 Å². The molecule has 1 heterocycles. The number of aliphatic hydroxyl groups is 1. The molecule has 0 atom stereocenters. The van der Waals surface area contributed by atoms with E-state index in [0.29, 0.717) is 26.2 Å². The predicted octanol–water partition coefficient (Wildman–Crippen LogP) is 2.44. The number of rotatable bonds is 8. The van der Waals surface area contributed by atoms with Crippen molar-refractivity contribution < 1.29 is 19.0 Å². The molecule has 2 rings (SSSR count). The lowest BCUT2D eigenvalue weighted by atomic mass is 9.81. The Morgan fingerprint density at radius 2 is 1.91 bits per heavy atom. The highest BCUT2D eigenvalue weighted by Gasteiger charge is 2.32. The minimum absolute atomic E-state index is 0.0309. The van der Waals surface area contributed by atoms with Crippen LogP contribution in [0.25, 0.3) is 0 Å². The van der Waals surface area contributed by atoms with Gasteiger partial charge in [0.2, 0.25) is 5.91 Å². The third-order valence-electron chi connectivity index (χ3n) is 4.58. The van der Waals surface area contributed by atoms with Crippen molar-refractivity contribution in [2.24, 2.45) is 5.41 Å². The van der Waals surface area contributed by atoms with Crippen molar-refractivity contribution in [2.75, 3.05) is 26.4 Å². The van der Waals surface area contributed by atoms with Crippen LogP contribution in [-0.4, -0.2) is 37.4 Å². The van der Waals surface area contributed by atoms with Gasteiger partial charge in [-0.15, -0.1) is 0 Å². The number of aliphatic hydroxyl groups excluding tert-OH is 1. The number of unbranched alkanes of at least 4 members (excludes halogenated alkanes) is 1. The van der Waals surface area contributed by atoms with Gasteiger partial charge in [-0.1, -0.05) is 12.1 Å². The van der Waals surface area contributed by atoms with Crippen molar-refractivity contribution in [1.29, 1.82) is 0 Å². The second kappa shape index (κ2) is 8.99. The van der Waals surface area contributed by atoms with Gasteiger partial charge in [0.25, 0.3) is 0 Å². The van der Waals surface area contributed by atoms with Crippen molar-refractivity contribution in [3.05, 3.63) is 35.6 Å². The molecule has 1 aliphatic rings. The molecule has 1 amide bonds. The molecule has 5 heteroatoms. The fraction of sp³-hybridized carbons (Fsp3) is 0.611. The molecule has 0 spiro atoms. The molecule has 1 aromatic carbocycles. The summed E-state index contributed by atoms with van der Waals surface area (Å²) in [5.41, 5.74) is 0.871. The van der Waals surface area contributed by atoms with E-state index in [1.54, 1.807) is 12.1 Å². The van der Waals surface area contributed by atoms with Crippen LogP contribution in [0.4, 0.5) is 4.39 Å². The highest BCUT2D eigenvalue weighted by atomic mass is 19.1. The third-order valence-corrected chi connectivity index (χ3v) is 4.58. The van der Waals surface area contributed by atoms with Crippen molar-refractivity contribution in [3.8, 4) is 0 Å². The molecule has 0 aliphatic carbocycles. The number of hydrogen-bond donors (Lipinski definition) is 2. The predicted molar refractivity (Wildman–Crippen MR) is 86.5 cm³/mol. The molecule has 0 unspecified atom stereocenters. The standard InChI is InChI=1S/C18H26FNO3/c19-16-7-5-15(6-8-16)3-1-2-4-17(22)20-13-18(14-21)9-11-23-12-10-18/h5-8,21H,1-4,9-14H2,(H,20,22). The number of amides is 1. The maximum absolute atomic E-state index is 12.8. The fourth-order valence-electron chi connectivity index (χ4n) is 2.84. The fourth-order valence-corrected chi connectivity index (χ4v) is 2.84. The van der Waals surface area contributed by atoms with Gasteiger partial charge in [-0.2, -0.15) is 0 Å². The van der Waals surface area contributed by atoms with Crippen LogP contribution in [-0.2, 0) is 16.0 Å². The lowest BCUT2D eigenvalue weighted by molar-refractivity contribution is -0.122. The van der Waals surface area contributed by atoms with Crippen molar-refractivity contribution in [2.45, 2.75) is 38.5 Å². The van der Waals surface area contributed by atoms with Gasteiger partial charge in [0.05, 0.1) is 6.61 Å². The second-order valence-electron chi connectivity index (χ2n) is 6.38. The first kappa shape index (κ1) is 17.9. The number of carbonyl (C=O) groups is 1. The summed E-state index contributed by atoms with van der Waals surface area (Å²) in [6.07, 6.45) is 4.61. The maximum atomic E-state index is 12.8. The van der Waals surface area contributed by atoms with Gasteiger partial charge in [-0.05, 0) is 49.8 Å². The van der Waals surface area contributed by atoms with Crippen LogP contribution >= 0.6 is 0 Å². The Kier molecular flexibility index (Phi) is 6.99. The van der Waals surface area contributed by atoms with Gasteiger partial charge >= 0.3 is 0 Å². The Labute approximate surface area is 137 Å². The Hall–Kier alpha value is -1.46. The summed E-state index contributed by atoms with van der Waals surface area (Å²) in [7, 11) is 0. The van der Waals surface area contributed by atoms with Gasteiger partial charge < -0.3 is 15.2 Å². The molecule has 0 aromatic heterocycles. The van der Waals surface area contributed by atoms with Gasteiger partial charge in [0.15, 0.2) is 0 Å². The van der Waals surface area contributed by atoms with Crippen LogP contribution in [0.1, 0.15) is 37.7 Å². The highest BCUT2D eigenvalue weighted by molar-refractivity contribution is 5.75. The quantitative estimate of drug-likeness (QED) is 0.723. The SMILES string of the molecule is O=C(CCCCc1ccc(F)cc1)NCC1(CO)CCOCC1. The normalized spacial score (nSPS) is 17.0. The van der Waals surface area contributed by atoms with E-state index < -0.39 is 0 Å².